The quantitative estimate of drug-likeness (QED) is 0.104. The van der Waals surface area contributed by atoms with Gasteiger partial charge < -0.3 is 9.47 Å². The molecule has 0 aliphatic carbocycles. The molecule has 0 fully saturated rings. The average molecular weight is 618 g/mol. The zero-order chi connectivity index (χ0) is 31.5. The van der Waals surface area contributed by atoms with Gasteiger partial charge in [-0.05, 0) is 48.9 Å². The monoisotopic (exact) mass is 617 g/mol. The summed E-state index contributed by atoms with van der Waals surface area (Å²) in [5, 5.41) is 0. The number of unbranched alkanes of at least 4 members (excludes halogenated alkanes) is 15. The van der Waals surface area contributed by atoms with Crippen LogP contribution in [0.15, 0.2) is 47.4 Å². The van der Waals surface area contributed by atoms with Crippen LogP contribution in [0.4, 0.5) is 5.69 Å². The zero-order valence-electron chi connectivity index (χ0n) is 26.3. The van der Waals surface area contributed by atoms with Crippen molar-refractivity contribution in [1.29, 1.82) is 0 Å². The molecule has 0 radical (unpaired) electrons. The van der Waals surface area contributed by atoms with Crippen molar-refractivity contribution in [2.45, 2.75) is 121 Å². The number of rotatable bonds is 22. The number of anilines is 1. The first kappa shape index (κ1) is 36.3. The molecule has 0 saturated carbocycles. The predicted molar refractivity (Wildman–Crippen MR) is 172 cm³/mol. The van der Waals surface area contributed by atoms with Crippen molar-refractivity contribution in [2.75, 3.05) is 18.6 Å². The number of nitrogens with zero attached hydrogens (tertiary/aromatic N) is 1. The first-order valence-corrected chi connectivity index (χ1v) is 17.4. The number of benzene rings is 2. The van der Waals surface area contributed by atoms with Crippen LogP contribution in [0, 0.1) is 0 Å². The lowest BCUT2D eigenvalue weighted by atomic mass is 10.0. The highest BCUT2D eigenvalue weighted by atomic mass is 32.2. The van der Waals surface area contributed by atoms with Crippen LogP contribution in [0.1, 0.15) is 127 Å². The Morgan fingerprint density at radius 1 is 0.744 bits per heavy atom. The molecule has 0 bridgehead atoms. The molecule has 0 aliphatic rings. The normalized spacial score (nSPS) is 11.3. The molecule has 0 aromatic heterocycles. The molecular formula is C34H51NO7S. The molecule has 2 aromatic carbocycles. The molecule has 0 atom stereocenters. The third-order valence-corrected chi connectivity index (χ3v) is 8.42. The predicted octanol–water partition coefficient (Wildman–Crippen LogP) is 8.78. The number of carbonyl (C=O) groups excluding carboxylic acids is 2. The molecule has 0 aliphatic heterocycles. The molecule has 0 heterocycles. The lowest BCUT2D eigenvalue weighted by Crippen LogP contribution is -2.35. The topological polar surface area (TPSA) is 110 Å². The second-order valence-electron chi connectivity index (χ2n) is 11.1. The van der Waals surface area contributed by atoms with Gasteiger partial charge in [0.1, 0.15) is 11.5 Å². The second kappa shape index (κ2) is 20.1. The fourth-order valence-corrected chi connectivity index (χ4v) is 5.59. The van der Waals surface area contributed by atoms with Gasteiger partial charge in [0.25, 0.3) is 16.0 Å². The van der Waals surface area contributed by atoms with E-state index in [2.05, 4.69) is 6.92 Å². The van der Waals surface area contributed by atoms with Gasteiger partial charge in [0.15, 0.2) is 0 Å². The van der Waals surface area contributed by atoms with Crippen molar-refractivity contribution in [2.24, 2.45) is 0 Å². The fourth-order valence-electron chi connectivity index (χ4n) is 5.09. The van der Waals surface area contributed by atoms with Crippen molar-refractivity contribution in [3.8, 4) is 11.5 Å². The van der Waals surface area contributed by atoms with E-state index in [0.717, 1.165) is 29.9 Å². The lowest BCUT2D eigenvalue weighted by molar-refractivity contribution is -0.116. The lowest BCUT2D eigenvalue weighted by Gasteiger charge is -2.22. The van der Waals surface area contributed by atoms with Crippen LogP contribution in [0.2, 0.25) is 0 Å². The number of amides is 2. The summed E-state index contributed by atoms with van der Waals surface area (Å²) < 4.78 is 43.8. The summed E-state index contributed by atoms with van der Waals surface area (Å²) in [7, 11) is -3.22. The number of carbonyl (C=O) groups is 2. The maximum atomic E-state index is 13.2. The van der Waals surface area contributed by atoms with Gasteiger partial charge in [-0.2, -0.15) is 8.42 Å². The van der Waals surface area contributed by atoms with Crippen LogP contribution in [-0.2, 0) is 14.9 Å². The maximum Gasteiger partial charge on any atom is 0.294 e. The van der Waals surface area contributed by atoms with Gasteiger partial charge in [-0.25, -0.2) is 4.90 Å². The van der Waals surface area contributed by atoms with Gasteiger partial charge in [0.2, 0.25) is 5.91 Å². The number of methoxy groups -OCH3 is 1. The van der Waals surface area contributed by atoms with Crippen molar-refractivity contribution in [1.82, 2.24) is 0 Å². The SMILES string of the molecule is CCCCCCCCCCCCCCCCCCOc1ccc(C(=O)N(C(C)=O)c2cc(S(=O)(=O)O)ccc2OC)cc1. The van der Waals surface area contributed by atoms with Gasteiger partial charge in [-0.3, -0.25) is 14.1 Å². The van der Waals surface area contributed by atoms with E-state index in [-0.39, 0.29) is 17.0 Å². The summed E-state index contributed by atoms with van der Waals surface area (Å²) in [5.74, 6) is -0.574. The molecule has 0 unspecified atom stereocenters. The molecule has 0 saturated heterocycles. The number of ether oxygens (including phenoxy) is 2. The highest BCUT2D eigenvalue weighted by Gasteiger charge is 2.27. The highest BCUT2D eigenvalue weighted by molar-refractivity contribution is 7.85. The summed E-state index contributed by atoms with van der Waals surface area (Å²) in [4.78, 5) is 26.1. The van der Waals surface area contributed by atoms with Gasteiger partial charge in [0, 0.05) is 12.5 Å². The van der Waals surface area contributed by atoms with Crippen molar-refractivity contribution >= 4 is 27.6 Å². The van der Waals surface area contributed by atoms with Crippen LogP contribution in [-0.4, -0.2) is 38.5 Å². The van der Waals surface area contributed by atoms with Crippen molar-refractivity contribution < 1.29 is 32.0 Å². The summed E-state index contributed by atoms with van der Waals surface area (Å²) in [5.41, 5.74) is 0.128. The molecule has 1 N–H and O–H groups in total. The molecular weight excluding hydrogens is 566 g/mol. The summed E-state index contributed by atoms with van der Waals surface area (Å²) >= 11 is 0. The van der Waals surface area contributed by atoms with E-state index < -0.39 is 26.8 Å². The summed E-state index contributed by atoms with van der Waals surface area (Å²) in [6.45, 7) is 4.04. The van der Waals surface area contributed by atoms with E-state index >= 15 is 0 Å². The Morgan fingerprint density at radius 3 is 1.67 bits per heavy atom. The van der Waals surface area contributed by atoms with E-state index in [1.165, 1.54) is 110 Å². The first-order valence-electron chi connectivity index (χ1n) is 15.9. The Hall–Kier alpha value is -2.91. The Morgan fingerprint density at radius 2 is 1.23 bits per heavy atom. The maximum absolute atomic E-state index is 13.2. The largest absolute Gasteiger partial charge is 0.495 e. The number of hydrogen-bond donors (Lipinski definition) is 1. The molecule has 2 amide bonds. The van der Waals surface area contributed by atoms with Crippen LogP contribution >= 0.6 is 0 Å². The van der Waals surface area contributed by atoms with E-state index in [1.807, 2.05) is 0 Å². The minimum Gasteiger partial charge on any atom is -0.495 e. The number of hydrogen-bond acceptors (Lipinski definition) is 6. The van der Waals surface area contributed by atoms with Crippen LogP contribution in [0.3, 0.4) is 0 Å². The van der Waals surface area contributed by atoms with E-state index in [4.69, 9.17) is 9.47 Å². The number of imide groups is 1. The van der Waals surface area contributed by atoms with Crippen molar-refractivity contribution in [3.05, 3.63) is 48.0 Å². The zero-order valence-corrected chi connectivity index (χ0v) is 27.1. The van der Waals surface area contributed by atoms with Crippen LogP contribution in [0.25, 0.3) is 0 Å². The molecule has 43 heavy (non-hydrogen) atoms. The fraction of sp³-hybridized carbons (Fsp3) is 0.588. The molecule has 9 heteroatoms. The van der Waals surface area contributed by atoms with E-state index in [0.29, 0.717) is 12.4 Å². The second-order valence-corrected chi connectivity index (χ2v) is 12.6. The van der Waals surface area contributed by atoms with Gasteiger partial charge in [0.05, 0.1) is 24.3 Å². The molecule has 2 aromatic rings. The van der Waals surface area contributed by atoms with Gasteiger partial charge in [-0.15, -0.1) is 0 Å². The average Bonchev–Trinajstić information content (AvgIpc) is 2.98. The molecule has 8 nitrogen and oxygen atoms in total. The molecule has 240 valence electrons. The summed E-state index contributed by atoms with van der Waals surface area (Å²) in [6, 6.07) is 9.89. The standard InChI is InChI=1S/C34H51NO7S/c1-4-5-6-7-8-9-10-11-12-13-14-15-16-17-18-19-26-42-30-22-20-29(21-23-30)34(37)35(28(2)36)32-27-31(43(38,39)40)24-25-33(32)41-3/h20-25,27H,4-19,26H2,1-3H3,(H,38,39,40). The third-order valence-electron chi connectivity index (χ3n) is 7.57. The van der Waals surface area contributed by atoms with Gasteiger partial charge >= 0.3 is 0 Å². The minimum absolute atomic E-state index is 0.0843. The molecule has 2 rings (SSSR count). The Balaban J connectivity index is 1.69. The van der Waals surface area contributed by atoms with Crippen molar-refractivity contribution in [3.63, 3.8) is 0 Å². The summed E-state index contributed by atoms with van der Waals surface area (Å²) in [6.07, 6.45) is 21.0. The van der Waals surface area contributed by atoms with Gasteiger partial charge in [-0.1, -0.05) is 103 Å². The van der Waals surface area contributed by atoms with Crippen LogP contribution in [0.5, 0.6) is 11.5 Å². The minimum atomic E-state index is -4.55. The van der Waals surface area contributed by atoms with E-state index in [1.54, 1.807) is 24.3 Å². The Kier molecular flexibility index (Phi) is 17.0. The Bertz CT molecular complexity index is 1210. The van der Waals surface area contributed by atoms with E-state index in [9.17, 15) is 22.6 Å². The highest BCUT2D eigenvalue weighted by Crippen LogP contribution is 2.32. The third kappa shape index (κ3) is 13.5. The Labute approximate surface area is 258 Å². The first-order chi connectivity index (χ1) is 20.7. The smallest absolute Gasteiger partial charge is 0.294 e. The van der Waals surface area contributed by atoms with Crippen LogP contribution < -0.4 is 14.4 Å². The molecule has 0 spiro atoms.